The molecule has 3 aromatic rings. The van der Waals surface area contributed by atoms with E-state index >= 15 is 0 Å². The van der Waals surface area contributed by atoms with E-state index in [4.69, 9.17) is 0 Å². The Morgan fingerprint density at radius 2 is 1.83 bits per heavy atom. The summed E-state index contributed by atoms with van der Waals surface area (Å²) in [6.07, 6.45) is 4.57. The number of benzene rings is 1. The maximum atomic E-state index is 13.7. The van der Waals surface area contributed by atoms with E-state index in [1.54, 1.807) is 0 Å². The fourth-order valence-corrected chi connectivity index (χ4v) is 3.45. The first-order valence-electron chi connectivity index (χ1n) is 9.30. The van der Waals surface area contributed by atoms with Crippen molar-refractivity contribution in [1.29, 1.82) is 0 Å². The lowest BCUT2D eigenvalue weighted by Crippen LogP contribution is -2.36. The predicted octanol–water partition coefficient (Wildman–Crippen LogP) is 5.01. The third-order valence-corrected chi connectivity index (χ3v) is 4.93. The van der Waals surface area contributed by atoms with Crippen LogP contribution in [0.4, 0.5) is 20.2 Å². The van der Waals surface area contributed by atoms with E-state index in [2.05, 4.69) is 15.3 Å². The molecule has 1 N–H and O–H groups in total. The molecule has 0 aliphatic carbocycles. The molecule has 1 saturated heterocycles. The number of carbonyl (C=O) groups is 1. The van der Waals surface area contributed by atoms with Crippen molar-refractivity contribution in [2.45, 2.75) is 26.2 Å². The smallest absolute Gasteiger partial charge is 0.257 e. The van der Waals surface area contributed by atoms with Gasteiger partial charge in [-0.15, -0.1) is 12.4 Å². The summed E-state index contributed by atoms with van der Waals surface area (Å²) in [5.74, 6) is -2.01. The first-order valence-corrected chi connectivity index (χ1v) is 9.30. The zero-order chi connectivity index (χ0) is 19.7. The molecule has 4 rings (SSSR count). The summed E-state index contributed by atoms with van der Waals surface area (Å²) in [5, 5.41) is 3.74. The summed E-state index contributed by atoms with van der Waals surface area (Å²) in [4.78, 5) is 23.7. The number of amides is 1. The largest absolute Gasteiger partial charge is 0.354 e. The van der Waals surface area contributed by atoms with Gasteiger partial charge in [0.1, 0.15) is 0 Å². The van der Waals surface area contributed by atoms with Crippen LogP contribution < -0.4 is 5.32 Å². The fraction of sp³-hybridized carbons (Fsp3) is 0.286. The molecule has 0 saturated carbocycles. The first kappa shape index (κ1) is 20.9. The molecule has 1 amide bonds. The molecule has 0 atom stereocenters. The zero-order valence-corrected chi connectivity index (χ0v) is 16.7. The Hall–Kier alpha value is -2.80. The number of likely N-dealkylation sites (tertiary alicyclic amines) is 1. The van der Waals surface area contributed by atoms with Crippen molar-refractivity contribution in [3.8, 4) is 0 Å². The average Bonchev–Trinajstić information content (AvgIpc) is 2.71. The molecule has 0 radical (unpaired) electrons. The Labute approximate surface area is 173 Å². The number of rotatable bonds is 3. The van der Waals surface area contributed by atoms with Crippen molar-refractivity contribution < 1.29 is 13.6 Å². The Morgan fingerprint density at radius 1 is 1.07 bits per heavy atom. The maximum absolute atomic E-state index is 13.7. The first-order chi connectivity index (χ1) is 13.5. The molecule has 1 aliphatic heterocycles. The fourth-order valence-electron chi connectivity index (χ4n) is 3.45. The van der Waals surface area contributed by atoms with E-state index in [1.807, 2.05) is 24.0 Å². The predicted molar refractivity (Wildman–Crippen MR) is 111 cm³/mol. The third-order valence-electron chi connectivity index (χ3n) is 4.93. The van der Waals surface area contributed by atoms with Crippen LogP contribution in [-0.2, 0) is 0 Å². The van der Waals surface area contributed by atoms with Gasteiger partial charge in [0.2, 0.25) is 0 Å². The molecule has 1 aliphatic rings. The summed E-state index contributed by atoms with van der Waals surface area (Å²) < 4.78 is 27.0. The topological polar surface area (TPSA) is 58.1 Å². The highest BCUT2D eigenvalue weighted by molar-refractivity contribution is 6.07. The lowest BCUT2D eigenvalue weighted by molar-refractivity contribution is 0.0725. The number of aryl methyl sites for hydroxylation is 1. The molecule has 1 aromatic carbocycles. The Bertz CT molecular complexity index is 1050. The van der Waals surface area contributed by atoms with Gasteiger partial charge in [-0.25, -0.2) is 18.7 Å². The minimum Gasteiger partial charge on any atom is -0.354 e. The normalized spacial score (nSPS) is 13.8. The lowest BCUT2D eigenvalue weighted by atomic mass is 10.1. The number of nitrogens with one attached hydrogen (secondary N) is 1. The number of hydrogen-bond donors (Lipinski definition) is 1. The highest BCUT2D eigenvalue weighted by Crippen LogP contribution is 2.30. The van der Waals surface area contributed by atoms with E-state index in [1.165, 1.54) is 12.3 Å². The Balaban J connectivity index is 0.00000240. The van der Waals surface area contributed by atoms with Crippen LogP contribution in [-0.4, -0.2) is 33.9 Å². The van der Waals surface area contributed by atoms with Gasteiger partial charge in [-0.05, 0) is 50.5 Å². The van der Waals surface area contributed by atoms with Crippen molar-refractivity contribution in [2.75, 3.05) is 18.4 Å². The second kappa shape index (κ2) is 8.69. The molecule has 0 unspecified atom stereocenters. The van der Waals surface area contributed by atoms with Gasteiger partial charge < -0.3 is 10.2 Å². The zero-order valence-electron chi connectivity index (χ0n) is 15.9. The molecule has 29 heavy (non-hydrogen) atoms. The van der Waals surface area contributed by atoms with Crippen molar-refractivity contribution >= 4 is 40.7 Å². The minimum absolute atomic E-state index is 0. The standard InChI is InChI=1S/C21H20F2N4O.ClH/c1-13-5-7-15-19(26-14-6-8-17(22)18(23)11-14)16(12-24-20(15)25-13)21(28)27-9-3-2-4-10-27;/h5-8,11-12H,2-4,9-10H2,1H3,(H,24,25,26);1H. The van der Waals surface area contributed by atoms with E-state index in [0.717, 1.165) is 37.1 Å². The van der Waals surface area contributed by atoms with Gasteiger partial charge in [0.15, 0.2) is 17.3 Å². The summed E-state index contributed by atoms with van der Waals surface area (Å²) in [5.41, 5.74) is 2.53. The van der Waals surface area contributed by atoms with Crippen LogP contribution in [0.1, 0.15) is 35.3 Å². The molecule has 0 bridgehead atoms. The number of carbonyl (C=O) groups excluding carboxylic acids is 1. The van der Waals surface area contributed by atoms with Crippen LogP contribution in [0.3, 0.4) is 0 Å². The summed E-state index contributed by atoms with van der Waals surface area (Å²) in [7, 11) is 0. The number of halogens is 3. The van der Waals surface area contributed by atoms with Gasteiger partial charge in [-0.2, -0.15) is 0 Å². The molecular formula is C21H21ClF2N4O. The Morgan fingerprint density at radius 3 is 2.55 bits per heavy atom. The number of anilines is 2. The molecule has 8 heteroatoms. The van der Waals surface area contributed by atoms with E-state index in [9.17, 15) is 13.6 Å². The molecular weight excluding hydrogens is 398 g/mol. The molecule has 152 valence electrons. The highest BCUT2D eigenvalue weighted by Gasteiger charge is 2.23. The molecule has 0 spiro atoms. The minimum atomic E-state index is -0.957. The molecule has 2 aromatic heterocycles. The van der Waals surface area contributed by atoms with Crippen molar-refractivity contribution in [3.63, 3.8) is 0 Å². The van der Waals surface area contributed by atoms with Gasteiger partial charge in [-0.3, -0.25) is 4.79 Å². The summed E-state index contributed by atoms with van der Waals surface area (Å²) in [6, 6.07) is 7.21. The van der Waals surface area contributed by atoms with Crippen LogP contribution in [0.25, 0.3) is 11.0 Å². The van der Waals surface area contributed by atoms with Gasteiger partial charge in [0, 0.05) is 42.1 Å². The van der Waals surface area contributed by atoms with E-state index in [0.29, 0.717) is 41.1 Å². The van der Waals surface area contributed by atoms with Crippen LogP contribution in [0.5, 0.6) is 0 Å². The second-order valence-corrected chi connectivity index (χ2v) is 6.98. The third kappa shape index (κ3) is 4.29. The molecule has 1 fully saturated rings. The van der Waals surface area contributed by atoms with Gasteiger partial charge in [0.25, 0.3) is 5.91 Å². The SMILES string of the molecule is Cc1ccc2c(Nc3ccc(F)c(F)c3)c(C(=O)N3CCCCC3)cnc2n1.Cl. The van der Waals surface area contributed by atoms with Crippen molar-refractivity contribution in [2.24, 2.45) is 0 Å². The maximum Gasteiger partial charge on any atom is 0.257 e. The summed E-state index contributed by atoms with van der Waals surface area (Å²) in [6.45, 7) is 3.26. The van der Waals surface area contributed by atoms with Crippen LogP contribution >= 0.6 is 12.4 Å². The van der Waals surface area contributed by atoms with Gasteiger partial charge in [0.05, 0.1) is 11.3 Å². The number of pyridine rings is 2. The summed E-state index contributed by atoms with van der Waals surface area (Å²) >= 11 is 0. The van der Waals surface area contributed by atoms with Crippen LogP contribution in [0.15, 0.2) is 36.5 Å². The quantitative estimate of drug-likeness (QED) is 0.649. The van der Waals surface area contributed by atoms with Crippen molar-refractivity contribution in [3.05, 3.63) is 59.4 Å². The average molecular weight is 419 g/mol. The molecule has 5 nitrogen and oxygen atoms in total. The number of hydrogen-bond acceptors (Lipinski definition) is 4. The molecule has 3 heterocycles. The lowest BCUT2D eigenvalue weighted by Gasteiger charge is -2.27. The number of fused-ring (bicyclic) bond motifs is 1. The van der Waals surface area contributed by atoms with E-state index < -0.39 is 11.6 Å². The van der Waals surface area contributed by atoms with Gasteiger partial charge in [-0.1, -0.05) is 0 Å². The Kier molecular flexibility index (Phi) is 6.27. The van der Waals surface area contributed by atoms with Crippen LogP contribution in [0.2, 0.25) is 0 Å². The number of aromatic nitrogens is 2. The highest BCUT2D eigenvalue weighted by atomic mass is 35.5. The van der Waals surface area contributed by atoms with Crippen molar-refractivity contribution in [1.82, 2.24) is 14.9 Å². The monoisotopic (exact) mass is 418 g/mol. The van der Waals surface area contributed by atoms with Gasteiger partial charge >= 0.3 is 0 Å². The second-order valence-electron chi connectivity index (χ2n) is 6.98. The number of nitrogens with zero attached hydrogens (tertiary/aromatic N) is 3. The van der Waals surface area contributed by atoms with E-state index in [-0.39, 0.29) is 18.3 Å². The number of piperidine rings is 1. The van der Waals surface area contributed by atoms with Crippen LogP contribution in [0, 0.1) is 18.6 Å².